The number of nitrogens with zero attached hydrogens (tertiary/aromatic N) is 1. The van der Waals surface area contributed by atoms with E-state index < -0.39 is 0 Å². The highest BCUT2D eigenvalue weighted by atomic mass is 32.1. The van der Waals surface area contributed by atoms with E-state index in [1.165, 1.54) is 25.7 Å². The van der Waals surface area contributed by atoms with E-state index in [1.807, 2.05) is 23.6 Å². The monoisotopic (exact) mass is 276 g/mol. The number of carbonyl (C=O) groups excluding carboxylic acids is 1. The van der Waals surface area contributed by atoms with Crippen molar-refractivity contribution in [3.05, 3.63) is 28.5 Å². The van der Waals surface area contributed by atoms with Crippen molar-refractivity contribution in [2.45, 2.75) is 37.8 Å². The Labute approximate surface area is 118 Å². The fraction of sp³-hybridized carbons (Fsp3) is 0.533. The summed E-state index contributed by atoms with van der Waals surface area (Å²) in [4.78, 5) is 15.5. The minimum absolute atomic E-state index is 0.171. The van der Waals surface area contributed by atoms with E-state index in [2.05, 4.69) is 10.2 Å². The molecule has 0 spiro atoms. The molecule has 4 heteroatoms. The molecular weight excluding hydrogens is 256 g/mol. The Morgan fingerprint density at radius 1 is 1.47 bits per heavy atom. The van der Waals surface area contributed by atoms with E-state index in [9.17, 15) is 4.79 Å². The van der Waals surface area contributed by atoms with E-state index in [-0.39, 0.29) is 5.91 Å². The molecule has 1 unspecified atom stereocenters. The van der Waals surface area contributed by atoms with E-state index in [0.29, 0.717) is 12.1 Å². The molecule has 2 fully saturated rings. The van der Waals surface area contributed by atoms with Crippen LogP contribution in [0.25, 0.3) is 6.08 Å². The molecule has 1 N–H and O–H groups in total. The first-order valence-corrected chi connectivity index (χ1v) is 7.96. The third kappa shape index (κ3) is 3.45. The number of nitrogens with one attached hydrogen (secondary N) is 1. The zero-order valence-corrected chi connectivity index (χ0v) is 11.9. The quantitative estimate of drug-likeness (QED) is 0.838. The molecule has 0 aromatic carbocycles. The van der Waals surface area contributed by atoms with Crippen molar-refractivity contribution >= 4 is 23.3 Å². The first kappa shape index (κ1) is 12.9. The maximum Gasteiger partial charge on any atom is 0.246 e. The minimum Gasteiger partial charge on any atom is -0.335 e. The normalized spacial score (nSPS) is 23.1. The highest BCUT2D eigenvalue weighted by molar-refractivity contribution is 7.10. The van der Waals surface area contributed by atoms with Crippen LogP contribution in [0.2, 0.25) is 0 Å². The minimum atomic E-state index is 0.171. The van der Waals surface area contributed by atoms with Crippen LogP contribution in [0.3, 0.4) is 0 Å². The van der Waals surface area contributed by atoms with Gasteiger partial charge in [0.1, 0.15) is 0 Å². The number of amides is 1. The van der Waals surface area contributed by atoms with Gasteiger partial charge in [-0.3, -0.25) is 4.79 Å². The van der Waals surface area contributed by atoms with E-state index in [0.717, 1.165) is 18.0 Å². The van der Waals surface area contributed by atoms with E-state index in [1.54, 1.807) is 17.4 Å². The first-order valence-electron chi connectivity index (χ1n) is 7.08. The topological polar surface area (TPSA) is 32.3 Å². The molecule has 2 heterocycles. The maximum absolute atomic E-state index is 12.3. The van der Waals surface area contributed by atoms with Crippen molar-refractivity contribution in [3.63, 3.8) is 0 Å². The molecule has 1 aliphatic heterocycles. The van der Waals surface area contributed by atoms with Crippen LogP contribution in [0.1, 0.15) is 30.6 Å². The van der Waals surface area contributed by atoms with Crippen LogP contribution in [0.15, 0.2) is 23.6 Å². The lowest BCUT2D eigenvalue weighted by Crippen LogP contribution is -2.41. The lowest BCUT2D eigenvalue weighted by molar-refractivity contribution is -0.126. The van der Waals surface area contributed by atoms with Crippen LogP contribution in [0.5, 0.6) is 0 Å². The summed E-state index contributed by atoms with van der Waals surface area (Å²) >= 11 is 1.66. The van der Waals surface area contributed by atoms with Crippen molar-refractivity contribution in [2.75, 3.05) is 13.1 Å². The largest absolute Gasteiger partial charge is 0.335 e. The van der Waals surface area contributed by atoms with E-state index in [4.69, 9.17) is 0 Å². The van der Waals surface area contributed by atoms with Gasteiger partial charge in [0, 0.05) is 29.6 Å². The summed E-state index contributed by atoms with van der Waals surface area (Å²) < 4.78 is 0. The van der Waals surface area contributed by atoms with Crippen LogP contribution in [0.4, 0.5) is 0 Å². The van der Waals surface area contributed by atoms with Gasteiger partial charge in [0.05, 0.1) is 0 Å². The Morgan fingerprint density at radius 2 is 2.37 bits per heavy atom. The second-order valence-corrected chi connectivity index (χ2v) is 6.34. The molecule has 0 radical (unpaired) electrons. The summed E-state index contributed by atoms with van der Waals surface area (Å²) in [5.74, 6) is 0.171. The fourth-order valence-electron chi connectivity index (χ4n) is 2.59. The third-order valence-corrected chi connectivity index (χ3v) is 4.62. The van der Waals surface area contributed by atoms with Gasteiger partial charge < -0.3 is 10.2 Å². The average Bonchev–Trinajstić information content (AvgIpc) is 2.94. The Bertz CT molecular complexity index is 445. The highest BCUT2D eigenvalue weighted by Crippen LogP contribution is 2.28. The third-order valence-electron chi connectivity index (χ3n) is 3.78. The second-order valence-electron chi connectivity index (χ2n) is 5.36. The second kappa shape index (κ2) is 5.88. The Morgan fingerprint density at radius 3 is 3.00 bits per heavy atom. The summed E-state index contributed by atoms with van der Waals surface area (Å²) in [5.41, 5.74) is 0. The van der Waals surface area contributed by atoms with Crippen LogP contribution in [-0.2, 0) is 4.79 Å². The van der Waals surface area contributed by atoms with Gasteiger partial charge in [-0.05, 0) is 49.8 Å². The van der Waals surface area contributed by atoms with Gasteiger partial charge in [-0.2, -0.15) is 0 Å². The first-order chi connectivity index (χ1) is 9.33. The predicted octanol–water partition coefficient (Wildman–Crippen LogP) is 2.50. The summed E-state index contributed by atoms with van der Waals surface area (Å²) in [7, 11) is 0. The number of carbonyl (C=O) groups is 1. The van der Waals surface area contributed by atoms with Crippen molar-refractivity contribution in [1.29, 1.82) is 0 Å². The summed E-state index contributed by atoms with van der Waals surface area (Å²) in [6, 6.07) is 5.03. The summed E-state index contributed by atoms with van der Waals surface area (Å²) in [5, 5.41) is 5.51. The molecule has 1 aromatic rings. The molecular formula is C15H20N2OS. The smallest absolute Gasteiger partial charge is 0.246 e. The van der Waals surface area contributed by atoms with Gasteiger partial charge in [-0.1, -0.05) is 6.07 Å². The number of hydrogen-bond acceptors (Lipinski definition) is 3. The lowest BCUT2D eigenvalue weighted by atomic mass is 10.2. The van der Waals surface area contributed by atoms with Crippen molar-refractivity contribution in [3.8, 4) is 0 Å². The molecule has 2 aliphatic rings. The number of hydrogen-bond donors (Lipinski definition) is 1. The average molecular weight is 276 g/mol. The van der Waals surface area contributed by atoms with Crippen LogP contribution in [0, 0.1) is 0 Å². The molecule has 3 rings (SSSR count). The Kier molecular flexibility index (Phi) is 3.99. The maximum atomic E-state index is 12.3. The molecule has 1 aliphatic carbocycles. The molecule has 3 nitrogen and oxygen atoms in total. The lowest BCUT2D eigenvalue weighted by Gasteiger charge is -2.24. The fourth-order valence-corrected chi connectivity index (χ4v) is 3.21. The Hall–Kier alpha value is -1.13. The van der Waals surface area contributed by atoms with Gasteiger partial charge in [0.2, 0.25) is 5.91 Å². The van der Waals surface area contributed by atoms with E-state index >= 15 is 0 Å². The molecule has 1 saturated carbocycles. The van der Waals surface area contributed by atoms with Crippen LogP contribution >= 0.6 is 11.3 Å². The molecule has 102 valence electrons. The zero-order valence-electron chi connectivity index (χ0n) is 11.0. The van der Waals surface area contributed by atoms with Crippen LogP contribution in [-0.4, -0.2) is 36.0 Å². The van der Waals surface area contributed by atoms with Gasteiger partial charge in [0.15, 0.2) is 0 Å². The molecule has 1 atom stereocenters. The van der Waals surface area contributed by atoms with Crippen molar-refractivity contribution in [1.82, 2.24) is 10.2 Å². The molecule has 0 bridgehead atoms. The SMILES string of the molecule is O=C(/C=C/c1cccs1)N(CC1CCCN1)C1CC1. The van der Waals surface area contributed by atoms with Gasteiger partial charge in [-0.25, -0.2) is 0 Å². The standard InChI is InChI=1S/C15H20N2OS/c18-15(8-7-14-4-2-10-19-14)17(13-5-6-13)11-12-3-1-9-16-12/h2,4,7-8,10,12-13,16H,1,3,5-6,9,11H2/b8-7+. The van der Waals surface area contributed by atoms with Crippen molar-refractivity contribution < 1.29 is 4.79 Å². The molecule has 1 aromatic heterocycles. The van der Waals surface area contributed by atoms with Gasteiger partial charge in [-0.15, -0.1) is 11.3 Å². The molecule has 19 heavy (non-hydrogen) atoms. The predicted molar refractivity (Wildman–Crippen MR) is 79.1 cm³/mol. The molecule has 1 amide bonds. The summed E-state index contributed by atoms with van der Waals surface area (Å²) in [6.45, 7) is 1.97. The van der Waals surface area contributed by atoms with Gasteiger partial charge in [0.25, 0.3) is 0 Å². The highest BCUT2D eigenvalue weighted by Gasteiger charge is 2.33. The Balaban J connectivity index is 1.60. The number of rotatable bonds is 5. The molecule has 1 saturated heterocycles. The zero-order chi connectivity index (χ0) is 13.1. The summed E-state index contributed by atoms with van der Waals surface area (Å²) in [6.07, 6.45) is 8.45. The van der Waals surface area contributed by atoms with Gasteiger partial charge >= 0.3 is 0 Å². The van der Waals surface area contributed by atoms with Crippen molar-refractivity contribution in [2.24, 2.45) is 0 Å². The number of thiophene rings is 1. The van der Waals surface area contributed by atoms with Crippen LogP contribution < -0.4 is 5.32 Å².